The first-order valence-corrected chi connectivity index (χ1v) is 7.38. The van der Waals surface area contributed by atoms with Crippen LogP contribution in [0, 0.1) is 0 Å². The number of rotatable bonds is 5. The van der Waals surface area contributed by atoms with Gasteiger partial charge in [0, 0.05) is 30.1 Å². The third kappa shape index (κ3) is 4.06. The van der Waals surface area contributed by atoms with Gasteiger partial charge in [-0.2, -0.15) is 0 Å². The van der Waals surface area contributed by atoms with Crippen molar-refractivity contribution in [2.75, 3.05) is 17.7 Å². The van der Waals surface area contributed by atoms with Gasteiger partial charge in [0.15, 0.2) is 0 Å². The molecule has 2 aromatic rings. The van der Waals surface area contributed by atoms with Crippen molar-refractivity contribution in [2.45, 2.75) is 13.5 Å². The zero-order chi connectivity index (χ0) is 15.2. The summed E-state index contributed by atoms with van der Waals surface area (Å²) >= 11 is 1.58. The highest BCUT2D eigenvalue weighted by Crippen LogP contribution is 2.23. The fourth-order valence-electron chi connectivity index (χ4n) is 1.84. The van der Waals surface area contributed by atoms with E-state index in [0.717, 1.165) is 16.3 Å². The summed E-state index contributed by atoms with van der Waals surface area (Å²) in [4.78, 5) is 23.6. The minimum Gasteiger partial charge on any atom is -0.380 e. The standard InChI is InChI=1S/C15H17N3O2S/c1-10(19)18-13-7-8-21-14(13)9-17-12-5-3-11(4-6-12)15(20)16-2/h3-8,17H,9H2,1-2H3,(H,16,20)(H,18,19). The van der Waals surface area contributed by atoms with Crippen molar-refractivity contribution >= 4 is 34.5 Å². The highest BCUT2D eigenvalue weighted by Gasteiger charge is 2.06. The molecule has 0 spiro atoms. The number of hydrogen-bond donors (Lipinski definition) is 3. The molecule has 6 heteroatoms. The molecule has 110 valence electrons. The summed E-state index contributed by atoms with van der Waals surface area (Å²) < 4.78 is 0. The van der Waals surface area contributed by atoms with Crippen molar-refractivity contribution in [2.24, 2.45) is 0 Å². The van der Waals surface area contributed by atoms with Crippen LogP contribution in [0.4, 0.5) is 11.4 Å². The molecule has 0 bridgehead atoms. The molecule has 1 aromatic carbocycles. The minimum atomic E-state index is -0.104. The summed E-state index contributed by atoms with van der Waals surface area (Å²) in [5.74, 6) is -0.183. The van der Waals surface area contributed by atoms with E-state index < -0.39 is 0 Å². The van der Waals surface area contributed by atoms with Gasteiger partial charge in [0.25, 0.3) is 5.91 Å². The van der Waals surface area contributed by atoms with Crippen LogP contribution in [-0.2, 0) is 11.3 Å². The zero-order valence-electron chi connectivity index (χ0n) is 11.9. The molecule has 1 aromatic heterocycles. The second kappa shape index (κ2) is 6.90. The molecule has 2 amide bonds. The maximum absolute atomic E-state index is 11.4. The SMILES string of the molecule is CNC(=O)c1ccc(NCc2sccc2NC(C)=O)cc1. The Kier molecular flexibility index (Phi) is 4.94. The Morgan fingerprint density at radius 1 is 1.14 bits per heavy atom. The van der Waals surface area contributed by atoms with Gasteiger partial charge in [0.05, 0.1) is 12.2 Å². The van der Waals surface area contributed by atoms with Crippen molar-refractivity contribution in [3.63, 3.8) is 0 Å². The van der Waals surface area contributed by atoms with Crippen LogP contribution in [0.5, 0.6) is 0 Å². The molecule has 5 nitrogen and oxygen atoms in total. The van der Waals surface area contributed by atoms with Crippen molar-refractivity contribution in [1.29, 1.82) is 0 Å². The average molecular weight is 303 g/mol. The maximum Gasteiger partial charge on any atom is 0.251 e. The first-order valence-electron chi connectivity index (χ1n) is 6.50. The average Bonchev–Trinajstić information content (AvgIpc) is 2.91. The Bertz CT molecular complexity index is 635. The highest BCUT2D eigenvalue weighted by atomic mass is 32.1. The molecule has 0 aliphatic heterocycles. The predicted molar refractivity (Wildman–Crippen MR) is 85.8 cm³/mol. The zero-order valence-corrected chi connectivity index (χ0v) is 12.7. The molecule has 0 saturated carbocycles. The van der Waals surface area contributed by atoms with Gasteiger partial charge >= 0.3 is 0 Å². The Hall–Kier alpha value is -2.34. The number of amides is 2. The molecule has 0 aliphatic carbocycles. The van der Waals surface area contributed by atoms with E-state index in [9.17, 15) is 9.59 Å². The number of carbonyl (C=O) groups is 2. The molecule has 2 rings (SSSR count). The van der Waals surface area contributed by atoms with E-state index in [2.05, 4.69) is 16.0 Å². The quantitative estimate of drug-likeness (QED) is 0.795. The molecular formula is C15H17N3O2S. The normalized spacial score (nSPS) is 10.0. The monoisotopic (exact) mass is 303 g/mol. The van der Waals surface area contributed by atoms with Crippen LogP contribution in [0.2, 0.25) is 0 Å². The number of hydrogen-bond acceptors (Lipinski definition) is 4. The number of carbonyl (C=O) groups excluding carboxylic acids is 2. The van der Waals surface area contributed by atoms with Crippen molar-refractivity contribution in [3.05, 3.63) is 46.2 Å². The highest BCUT2D eigenvalue weighted by molar-refractivity contribution is 7.10. The van der Waals surface area contributed by atoms with Crippen LogP contribution in [-0.4, -0.2) is 18.9 Å². The third-order valence-electron chi connectivity index (χ3n) is 2.88. The summed E-state index contributed by atoms with van der Waals surface area (Å²) in [6.07, 6.45) is 0. The molecule has 21 heavy (non-hydrogen) atoms. The molecule has 0 fully saturated rings. The van der Waals surface area contributed by atoms with Crippen LogP contribution in [0.25, 0.3) is 0 Å². The summed E-state index contributed by atoms with van der Waals surface area (Å²) in [5, 5.41) is 10.6. The molecule has 0 aliphatic rings. The molecular weight excluding hydrogens is 286 g/mol. The Morgan fingerprint density at radius 2 is 1.86 bits per heavy atom. The predicted octanol–water partition coefficient (Wildman–Crippen LogP) is 2.68. The molecule has 1 heterocycles. The largest absolute Gasteiger partial charge is 0.380 e. The summed E-state index contributed by atoms with van der Waals surface area (Å²) in [6, 6.07) is 9.14. The van der Waals surface area contributed by atoms with Gasteiger partial charge in [-0.1, -0.05) is 0 Å². The van der Waals surface area contributed by atoms with Gasteiger partial charge in [-0.25, -0.2) is 0 Å². The van der Waals surface area contributed by atoms with Gasteiger partial charge in [0.2, 0.25) is 5.91 Å². The lowest BCUT2D eigenvalue weighted by molar-refractivity contribution is -0.114. The van der Waals surface area contributed by atoms with Gasteiger partial charge in [0.1, 0.15) is 0 Å². The van der Waals surface area contributed by atoms with E-state index in [0.29, 0.717) is 12.1 Å². The van der Waals surface area contributed by atoms with E-state index in [1.165, 1.54) is 6.92 Å². The Balaban J connectivity index is 1.98. The van der Waals surface area contributed by atoms with Crippen LogP contribution in [0.1, 0.15) is 22.2 Å². The topological polar surface area (TPSA) is 70.2 Å². The van der Waals surface area contributed by atoms with Gasteiger partial charge in [-0.05, 0) is 35.7 Å². The smallest absolute Gasteiger partial charge is 0.251 e. The lowest BCUT2D eigenvalue weighted by Crippen LogP contribution is -2.17. The van der Waals surface area contributed by atoms with Crippen molar-refractivity contribution in [1.82, 2.24) is 5.32 Å². The lowest BCUT2D eigenvalue weighted by Gasteiger charge is -2.08. The van der Waals surface area contributed by atoms with Crippen molar-refractivity contribution < 1.29 is 9.59 Å². The fraction of sp³-hybridized carbons (Fsp3) is 0.200. The van der Waals surface area contributed by atoms with E-state index in [1.807, 2.05) is 23.6 Å². The number of benzene rings is 1. The van der Waals surface area contributed by atoms with Gasteiger partial charge < -0.3 is 16.0 Å². The lowest BCUT2D eigenvalue weighted by atomic mass is 10.2. The second-order valence-corrected chi connectivity index (χ2v) is 5.45. The molecule has 0 unspecified atom stereocenters. The number of anilines is 2. The first-order chi connectivity index (χ1) is 10.1. The van der Waals surface area contributed by atoms with Crippen molar-refractivity contribution in [3.8, 4) is 0 Å². The summed E-state index contributed by atoms with van der Waals surface area (Å²) in [7, 11) is 1.61. The van der Waals surface area contributed by atoms with Crippen LogP contribution in [0.3, 0.4) is 0 Å². The van der Waals surface area contributed by atoms with E-state index in [1.54, 1.807) is 30.5 Å². The van der Waals surface area contributed by atoms with Crippen LogP contribution >= 0.6 is 11.3 Å². The van der Waals surface area contributed by atoms with Crippen LogP contribution < -0.4 is 16.0 Å². The Morgan fingerprint density at radius 3 is 2.48 bits per heavy atom. The molecule has 0 radical (unpaired) electrons. The summed E-state index contributed by atoms with van der Waals surface area (Å²) in [5.41, 5.74) is 2.38. The maximum atomic E-state index is 11.4. The third-order valence-corrected chi connectivity index (χ3v) is 3.80. The minimum absolute atomic E-state index is 0.0791. The molecule has 3 N–H and O–H groups in total. The van der Waals surface area contributed by atoms with E-state index >= 15 is 0 Å². The van der Waals surface area contributed by atoms with Crippen LogP contribution in [0.15, 0.2) is 35.7 Å². The van der Waals surface area contributed by atoms with Gasteiger partial charge in [-0.15, -0.1) is 11.3 Å². The van der Waals surface area contributed by atoms with E-state index in [-0.39, 0.29) is 11.8 Å². The Labute approximate surface area is 127 Å². The van der Waals surface area contributed by atoms with E-state index in [4.69, 9.17) is 0 Å². The fourth-order valence-corrected chi connectivity index (χ4v) is 2.61. The second-order valence-electron chi connectivity index (χ2n) is 4.45. The van der Waals surface area contributed by atoms with Gasteiger partial charge in [-0.3, -0.25) is 9.59 Å². The molecule has 0 atom stereocenters. The number of thiophene rings is 1. The molecule has 0 saturated heterocycles. The summed E-state index contributed by atoms with van der Waals surface area (Å²) in [6.45, 7) is 2.11. The first kappa shape index (κ1) is 15.1. The number of nitrogens with one attached hydrogen (secondary N) is 3.